The van der Waals surface area contributed by atoms with Crippen LogP contribution >= 0.6 is 15.2 Å². The van der Waals surface area contributed by atoms with Gasteiger partial charge < -0.3 is 29.2 Å². The van der Waals surface area contributed by atoms with Crippen molar-refractivity contribution < 1.29 is 38.4 Å². The summed E-state index contributed by atoms with van der Waals surface area (Å²) in [5.74, 6) is 0. The highest BCUT2D eigenvalue weighted by Gasteiger charge is 2.53. The van der Waals surface area contributed by atoms with Crippen molar-refractivity contribution in [1.82, 2.24) is 0 Å². The number of aliphatic hydroxyl groups is 1. The number of pyridine rings is 1. The average Bonchev–Trinajstić information content (AvgIpc) is 2.13. The minimum Gasteiger partial charge on any atom is -0.776 e. The quantitative estimate of drug-likeness (QED) is 0.388. The van der Waals surface area contributed by atoms with Crippen LogP contribution in [0, 0.1) is 0 Å². The minimum atomic E-state index is -5.66. The van der Waals surface area contributed by atoms with E-state index in [0.29, 0.717) is 0 Å². The molecular formula is C8H13NO7P2. The second-order valence-electron chi connectivity index (χ2n) is 3.89. The molecule has 4 N–H and O–H groups in total. The molecule has 0 aromatic carbocycles. The van der Waals surface area contributed by atoms with E-state index in [-0.39, 0.29) is 5.56 Å². The van der Waals surface area contributed by atoms with E-state index in [1.165, 1.54) is 22.9 Å². The standard InChI is InChI=1S/C8H13NO7P2/c1-9-4-2-3-7(6-9)5-8(10,17(11,12)13)18(14,15)16/h2-4,6,10H,5H2,1H3,(H3-,11,12,13,14,15,16). The maximum Gasteiger partial charge on any atom is 0.365 e. The zero-order chi connectivity index (χ0) is 14.2. The van der Waals surface area contributed by atoms with E-state index < -0.39 is 26.7 Å². The summed E-state index contributed by atoms with van der Waals surface area (Å²) in [5.41, 5.74) is 0.149. The van der Waals surface area contributed by atoms with Gasteiger partial charge in [0.2, 0.25) is 5.08 Å². The summed E-state index contributed by atoms with van der Waals surface area (Å²) in [6, 6.07) is 2.87. The monoisotopic (exact) mass is 297 g/mol. The van der Waals surface area contributed by atoms with Gasteiger partial charge in [0, 0.05) is 18.1 Å². The largest absolute Gasteiger partial charge is 0.776 e. The first-order chi connectivity index (χ1) is 7.97. The third kappa shape index (κ3) is 3.05. The Hall–Kier alpha value is -0.590. The zero-order valence-corrected chi connectivity index (χ0v) is 11.2. The van der Waals surface area contributed by atoms with Gasteiger partial charge in [-0.15, -0.1) is 0 Å². The molecule has 0 amide bonds. The molecule has 1 rings (SSSR count). The second kappa shape index (κ2) is 4.83. The van der Waals surface area contributed by atoms with Crippen LogP contribution in [0.25, 0.3) is 0 Å². The lowest BCUT2D eigenvalue weighted by molar-refractivity contribution is -0.671. The molecular weight excluding hydrogens is 284 g/mol. The number of hydrogen-bond donors (Lipinski definition) is 4. The van der Waals surface area contributed by atoms with Crippen LogP contribution in [0.2, 0.25) is 0 Å². The summed E-state index contributed by atoms with van der Waals surface area (Å²) in [6.45, 7) is 0. The van der Waals surface area contributed by atoms with Gasteiger partial charge in [-0.1, -0.05) is 0 Å². The van der Waals surface area contributed by atoms with Gasteiger partial charge in [-0.3, -0.25) is 4.57 Å². The van der Waals surface area contributed by atoms with E-state index in [1.807, 2.05) is 0 Å². The highest BCUT2D eigenvalue weighted by molar-refractivity contribution is 7.71. The van der Waals surface area contributed by atoms with Crippen molar-refractivity contribution in [3.63, 3.8) is 0 Å². The van der Waals surface area contributed by atoms with E-state index >= 15 is 0 Å². The lowest BCUT2D eigenvalue weighted by Gasteiger charge is -2.36. The molecule has 0 bridgehead atoms. The summed E-state index contributed by atoms with van der Waals surface area (Å²) < 4.78 is 23.6. The first-order valence-corrected chi connectivity index (χ1v) is 7.92. The van der Waals surface area contributed by atoms with Crippen molar-refractivity contribution >= 4 is 15.2 Å². The molecule has 0 aliphatic carbocycles. The third-order valence-corrected chi connectivity index (χ3v) is 6.06. The number of aromatic nitrogens is 1. The average molecular weight is 297 g/mol. The molecule has 0 spiro atoms. The molecule has 2 unspecified atom stereocenters. The Morgan fingerprint density at radius 2 is 1.94 bits per heavy atom. The summed E-state index contributed by atoms with van der Waals surface area (Å²) in [7, 11) is -9.52. The highest BCUT2D eigenvalue weighted by Crippen LogP contribution is 2.66. The van der Waals surface area contributed by atoms with Gasteiger partial charge in [0.25, 0.3) is 0 Å². The SMILES string of the molecule is C[n+]1cccc(CC(O)(P(=O)([O-])O)P(=O)(O)O)c1. The maximum atomic E-state index is 11.1. The van der Waals surface area contributed by atoms with Crippen molar-refractivity contribution in [3.05, 3.63) is 30.1 Å². The summed E-state index contributed by atoms with van der Waals surface area (Å²) in [5, 5.41) is 6.11. The molecule has 0 aliphatic rings. The Labute approximate surface area is 103 Å². The van der Waals surface area contributed by atoms with Crippen LogP contribution < -0.4 is 9.46 Å². The lowest BCUT2D eigenvalue weighted by Crippen LogP contribution is -2.37. The van der Waals surface area contributed by atoms with E-state index in [0.717, 1.165) is 0 Å². The summed E-state index contributed by atoms with van der Waals surface area (Å²) >= 11 is 0. The molecule has 1 heterocycles. The molecule has 0 radical (unpaired) electrons. The van der Waals surface area contributed by atoms with Crippen molar-refractivity contribution in [2.45, 2.75) is 11.5 Å². The smallest absolute Gasteiger partial charge is 0.365 e. The van der Waals surface area contributed by atoms with Crippen LogP contribution in [0.3, 0.4) is 0 Å². The van der Waals surface area contributed by atoms with Gasteiger partial charge in [0.15, 0.2) is 20.0 Å². The van der Waals surface area contributed by atoms with Crippen molar-refractivity contribution in [2.75, 3.05) is 0 Å². The summed E-state index contributed by atoms with van der Waals surface area (Å²) in [6.07, 6.45) is 2.06. The van der Waals surface area contributed by atoms with Gasteiger partial charge in [0.05, 0.1) is 0 Å². The van der Waals surface area contributed by atoms with Gasteiger partial charge in [0.1, 0.15) is 7.05 Å². The highest BCUT2D eigenvalue weighted by atomic mass is 31.2. The van der Waals surface area contributed by atoms with Crippen LogP contribution in [0.5, 0.6) is 0 Å². The van der Waals surface area contributed by atoms with Gasteiger partial charge in [-0.05, 0) is 6.07 Å². The molecule has 8 nitrogen and oxygen atoms in total. The number of hydrogen-bond acceptors (Lipinski definition) is 4. The predicted molar refractivity (Wildman–Crippen MR) is 58.1 cm³/mol. The van der Waals surface area contributed by atoms with Crippen molar-refractivity contribution in [3.8, 4) is 0 Å². The normalized spacial score (nSPS) is 19.0. The Morgan fingerprint density at radius 1 is 1.39 bits per heavy atom. The lowest BCUT2D eigenvalue weighted by atomic mass is 10.2. The van der Waals surface area contributed by atoms with E-state index in [4.69, 9.17) is 14.7 Å². The maximum absolute atomic E-state index is 11.1. The zero-order valence-electron chi connectivity index (χ0n) is 9.37. The molecule has 10 heteroatoms. The number of aryl methyl sites for hydroxylation is 1. The Kier molecular flexibility index (Phi) is 4.15. The number of nitrogens with zero attached hydrogens (tertiary/aromatic N) is 1. The predicted octanol–water partition coefficient (Wildman–Crippen LogP) is -1.58. The van der Waals surface area contributed by atoms with E-state index in [2.05, 4.69) is 0 Å². The molecule has 0 fully saturated rings. The van der Waals surface area contributed by atoms with Crippen LogP contribution in [0.15, 0.2) is 24.5 Å². The first-order valence-electron chi connectivity index (χ1n) is 4.73. The molecule has 0 aliphatic heterocycles. The van der Waals surface area contributed by atoms with E-state index in [1.54, 1.807) is 13.2 Å². The molecule has 0 saturated carbocycles. The van der Waals surface area contributed by atoms with Crippen LogP contribution in [0.1, 0.15) is 5.56 Å². The van der Waals surface area contributed by atoms with E-state index in [9.17, 15) is 19.1 Å². The third-order valence-electron chi connectivity index (χ3n) is 2.36. The van der Waals surface area contributed by atoms with Gasteiger partial charge >= 0.3 is 7.60 Å². The molecule has 18 heavy (non-hydrogen) atoms. The molecule has 2 atom stereocenters. The Bertz CT molecular complexity index is 512. The molecule has 102 valence electrons. The molecule has 1 aromatic rings. The topological polar surface area (TPSA) is 142 Å². The van der Waals surface area contributed by atoms with Crippen LogP contribution in [0.4, 0.5) is 0 Å². The first kappa shape index (κ1) is 15.5. The van der Waals surface area contributed by atoms with Crippen LogP contribution in [-0.2, 0) is 22.6 Å². The Balaban J connectivity index is 3.25. The fourth-order valence-corrected chi connectivity index (χ4v) is 3.48. The van der Waals surface area contributed by atoms with Crippen molar-refractivity contribution in [2.24, 2.45) is 7.05 Å². The van der Waals surface area contributed by atoms with Gasteiger partial charge in [-0.25, -0.2) is 4.57 Å². The minimum absolute atomic E-state index is 0.149. The molecule has 1 aromatic heterocycles. The number of rotatable bonds is 4. The fourth-order valence-electron chi connectivity index (χ4n) is 1.40. The van der Waals surface area contributed by atoms with Crippen LogP contribution in [-0.4, -0.2) is 24.9 Å². The van der Waals surface area contributed by atoms with Crippen molar-refractivity contribution in [1.29, 1.82) is 0 Å². The fraction of sp³-hybridized carbons (Fsp3) is 0.375. The second-order valence-corrected chi connectivity index (χ2v) is 7.85. The Morgan fingerprint density at radius 3 is 2.33 bits per heavy atom. The van der Waals surface area contributed by atoms with Gasteiger partial charge in [-0.2, -0.15) is 0 Å². The summed E-state index contributed by atoms with van der Waals surface area (Å²) in [4.78, 5) is 37.7. The molecule has 0 saturated heterocycles.